The highest BCUT2D eigenvalue weighted by molar-refractivity contribution is 5.32. The Labute approximate surface area is 108 Å². The van der Waals surface area contributed by atoms with Crippen molar-refractivity contribution in [3.05, 3.63) is 23.3 Å². The Hall–Kier alpha value is -0.520. The molecule has 2 bridgehead atoms. The quantitative estimate of drug-likeness (QED) is 0.421. The normalized spacial score (nSPS) is 25.4. The van der Waals surface area contributed by atoms with Crippen molar-refractivity contribution < 1.29 is 0 Å². The third-order valence-electron chi connectivity index (χ3n) is 4.59. The Kier molecular flexibility index (Phi) is 5.49. The number of hydrogen-bond donors (Lipinski definition) is 0. The Morgan fingerprint density at radius 2 is 2.06 bits per heavy atom. The van der Waals surface area contributed by atoms with Crippen molar-refractivity contribution in [2.45, 2.75) is 73.1 Å². The van der Waals surface area contributed by atoms with Gasteiger partial charge in [0.15, 0.2) is 0 Å². The lowest BCUT2D eigenvalue weighted by molar-refractivity contribution is 0.133. The fourth-order valence-corrected chi connectivity index (χ4v) is 3.10. The first-order valence-corrected chi connectivity index (χ1v) is 7.34. The van der Waals surface area contributed by atoms with E-state index < -0.39 is 0 Å². The third kappa shape index (κ3) is 3.47. The van der Waals surface area contributed by atoms with Crippen molar-refractivity contribution in [1.82, 2.24) is 0 Å². The molecule has 0 heterocycles. The smallest absolute Gasteiger partial charge is 0.0111 e. The van der Waals surface area contributed by atoms with Gasteiger partial charge in [-0.3, -0.25) is 0 Å². The first-order valence-electron chi connectivity index (χ1n) is 7.34. The highest BCUT2D eigenvalue weighted by atomic mass is 14.5. The second-order valence-corrected chi connectivity index (χ2v) is 6.13. The zero-order chi connectivity index (χ0) is 12.9. The van der Waals surface area contributed by atoms with Gasteiger partial charge < -0.3 is 0 Å². The number of unbranched alkanes of at least 4 members (excludes halogenated alkanes) is 2. The molecule has 1 fully saturated rings. The summed E-state index contributed by atoms with van der Waals surface area (Å²) in [7, 11) is 0. The molecule has 1 saturated carbocycles. The van der Waals surface area contributed by atoms with Gasteiger partial charge in [0.1, 0.15) is 0 Å². The van der Waals surface area contributed by atoms with Crippen LogP contribution in [0.15, 0.2) is 23.3 Å². The minimum absolute atomic E-state index is 0.586. The zero-order valence-electron chi connectivity index (χ0n) is 12.5. The first-order chi connectivity index (χ1) is 8.04. The van der Waals surface area contributed by atoms with Gasteiger partial charge in [-0.05, 0) is 50.9 Å². The summed E-state index contributed by atoms with van der Waals surface area (Å²) < 4.78 is 0. The van der Waals surface area contributed by atoms with E-state index in [2.05, 4.69) is 46.8 Å². The summed E-state index contributed by atoms with van der Waals surface area (Å²) >= 11 is 0. The van der Waals surface area contributed by atoms with E-state index >= 15 is 0 Å². The van der Waals surface area contributed by atoms with Crippen LogP contribution in [0.5, 0.6) is 0 Å². The van der Waals surface area contributed by atoms with Crippen molar-refractivity contribution in [1.29, 1.82) is 0 Å². The van der Waals surface area contributed by atoms with Gasteiger partial charge in [-0.1, -0.05) is 56.9 Å². The molecular weight excluding hydrogens is 204 g/mol. The number of rotatable bonds is 3. The van der Waals surface area contributed by atoms with Crippen LogP contribution < -0.4 is 0 Å². The molecule has 0 saturated heterocycles. The molecule has 1 atom stereocenters. The highest BCUT2D eigenvalue weighted by Crippen LogP contribution is 2.58. The SMILES string of the molecule is C/C=C/CCCC.CC1=C2CC(CC1)C2(C)C. The number of fused-ring (bicyclic) bond motifs is 2. The summed E-state index contributed by atoms with van der Waals surface area (Å²) in [4.78, 5) is 0. The van der Waals surface area contributed by atoms with Crippen LogP contribution in [0.2, 0.25) is 0 Å². The van der Waals surface area contributed by atoms with Crippen molar-refractivity contribution in [2.75, 3.05) is 0 Å². The van der Waals surface area contributed by atoms with E-state index in [-0.39, 0.29) is 0 Å². The molecule has 0 aromatic rings. The molecule has 0 N–H and O–H groups in total. The van der Waals surface area contributed by atoms with E-state index in [9.17, 15) is 0 Å². The van der Waals surface area contributed by atoms with Gasteiger partial charge in [0.25, 0.3) is 0 Å². The molecule has 0 spiro atoms. The molecule has 0 nitrogen and oxygen atoms in total. The fourth-order valence-electron chi connectivity index (χ4n) is 3.10. The molecule has 98 valence electrons. The van der Waals surface area contributed by atoms with Crippen LogP contribution in [0.4, 0.5) is 0 Å². The average molecular weight is 234 g/mol. The number of hydrogen-bond acceptors (Lipinski definition) is 0. The zero-order valence-corrected chi connectivity index (χ0v) is 12.5. The number of allylic oxidation sites excluding steroid dienone is 4. The molecule has 0 aromatic heterocycles. The van der Waals surface area contributed by atoms with Crippen LogP contribution in [0.1, 0.15) is 73.1 Å². The summed E-state index contributed by atoms with van der Waals surface area (Å²) in [5.41, 5.74) is 4.04. The first kappa shape index (κ1) is 14.5. The third-order valence-corrected chi connectivity index (χ3v) is 4.59. The van der Waals surface area contributed by atoms with Gasteiger partial charge in [0.05, 0.1) is 0 Å². The van der Waals surface area contributed by atoms with Crippen molar-refractivity contribution in [2.24, 2.45) is 11.3 Å². The highest BCUT2D eigenvalue weighted by Gasteiger charge is 2.46. The van der Waals surface area contributed by atoms with Gasteiger partial charge >= 0.3 is 0 Å². The minimum atomic E-state index is 0.586. The van der Waals surface area contributed by atoms with Gasteiger partial charge in [0.2, 0.25) is 0 Å². The molecule has 0 amide bonds. The second kappa shape index (κ2) is 6.42. The van der Waals surface area contributed by atoms with Crippen molar-refractivity contribution in [3.8, 4) is 0 Å². The summed E-state index contributed by atoms with van der Waals surface area (Å²) in [6, 6.07) is 0. The van der Waals surface area contributed by atoms with Gasteiger partial charge in [0, 0.05) is 0 Å². The van der Waals surface area contributed by atoms with Crippen molar-refractivity contribution in [3.63, 3.8) is 0 Å². The topological polar surface area (TPSA) is 0 Å². The van der Waals surface area contributed by atoms with Crippen LogP contribution in [0, 0.1) is 11.3 Å². The lowest BCUT2D eigenvalue weighted by Crippen LogP contribution is -2.41. The molecule has 17 heavy (non-hydrogen) atoms. The van der Waals surface area contributed by atoms with E-state index in [0.717, 1.165) is 5.92 Å². The lowest BCUT2D eigenvalue weighted by Gasteiger charge is -2.52. The lowest BCUT2D eigenvalue weighted by atomic mass is 9.52. The molecule has 0 heteroatoms. The standard InChI is InChI=1S/C10H16.C7H14/c1-7-4-5-8-6-9(7)10(8,2)3;1-3-5-7-6-4-2/h8H,4-6H2,1-3H3;3,5H,4,6-7H2,1-2H3/b;5-3+. The summed E-state index contributed by atoms with van der Waals surface area (Å²) in [5, 5.41) is 0. The maximum absolute atomic E-state index is 2.40. The van der Waals surface area contributed by atoms with Gasteiger partial charge in [-0.25, -0.2) is 0 Å². The largest absolute Gasteiger partial charge is 0.0917 e. The molecule has 1 unspecified atom stereocenters. The van der Waals surface area contributed by atoms with Crippen molar-refractivity contribution >= 4 is 0 Å². The van der Waals surface area contributed by atoms with E-state index in [4.69, 9.17) is 0 Å². The van der Waals surface area contributed by atoms with Crippen LogP contribution in [-0.4, -0.2) is 0 Å². The fraction of sp³-hybridized carbons (Fsp3) is 0.765. The van der Waals surface area contributed by atoms with E-state index in [0.29, 0.717) is 5.41 Å². The van der Waals surface area contributed by atoms with Crippen LogP contribution in [0.3, 0.4) is 0 Å². The van der Waals surface area contributed by atoms with Gasteiger partial charge in [-0.2, -0.15) is 0 Å². The Morgan fingerprint density at radius 3 is 2.41 bits per heavy atom. The Morgan fingerprint density at radius 1 is 1.35 bits per heavy atom. The summed E-state index contributed by atoms with van der Waals surface area (Å²) in [6.45, 7) is 11.4. The molecule has 3 aliphatic carbocycles. The van der Waals surface area contributed by atoms with Crippen LogP contribution in [-0.2, 0) is 0 Å². The molecule has 3 rings (SSSR count). The Bertz CT molecular complexity index is 291. The predicted octanol–water partition coefficient (Wildman–Crippen LogP) is 5.90. The van der Waals surface area contributed by atoms with Crippen LogP contribution in [0.25, 0.3) is 0 Å². The second-order valence-electron chi connectivity index (χ2n) is 6.13. The molecule has 0 aromatic carbocycles. The maximum atomic E-state index is 2.40. The van der Waals surface area contributed by atoms with Gasteiger partial charge in [-0.15, -0.1) is 0 Å². The molecule has 3 aliphatic rings. The Balaban J connectivity index is 0.000000185. The monoisotopic (exact) mass is 234 g/mol. The molecule has 0 radical (unpaired) electrons. The van der Waals surface area contributed by atoms with Crippen LogP contribution >= 0.6 is 0 Å². The minimum Gasteiger partial charge on any atom is -0.0917 e. The average Bonchev–Trinajstić information content (AvgIpc) is 2.30. The summed E-state index contributed by atoms with van der Waals surface area (Å²) in [6.07, 6.45) is 12.5. The van der Waals surface area contributed by atoms with E-state index in [1.165, 1.54) is 38.5 Å². The van der Waals surface area contributed by atoms with E-state index in [1.54, 1.807) is 11.1 Å². The van der Waals surface area contributed by atoms with E-state index in [1.807, 2.05) is 0 Å². The summed E-state index contributed by atoms with van der Waals surface area (Å²) in [5.74, 6) is 1.02. The molecular formula is C17H30. The molecule has 0 aliphatic heterocycles. The maximum Gasteiger partial charge on any atom is -0.0111 e. The predicted molar refractivity (Wildman–Crippen MR) is 78.2 cm³/mol.